The van der Waals surface area contributed by atoms with Crippen molar-refractivity contribution in [3.8, 4) is 11.5 Å². The summed E-state index contributed by atoms with van der Waals surface area (Å²) in [5.41, 5.74) is 6.58. The van der Waals surface area contributed by atoms with E-state index in [0.29, 0.717) is 0 Å². The molecule has 32 heavy (non-hydrogen) atoms. The third-order valence-electron chi connectivity index (χ3n) is 6.02. The molecule has 0 saturated carbocycles. The van der Waals surface area contributed by atoms with Gasteiger partial charge in [-0.05, 0) is 42.7 Å². The number of halogens is 1. The first kappa shape index (κ1) is 18.9. The Bertz CT molecular complexity index is 1350. The first-order valence-corrected chi connectivity index (χ1v) is 10.8. The van der Waals surface area contributed by atoms with E-state index in [1.165, 1.54) is 6.07 Å². The molecule has 2 aliphatic rings. The van der Waals surface area contributed by atoms with Gasteiger partial charge < -0.3 is 14.9 Å². The summed E-state index contributed by atoms with van der Waals surface area (Å²) in [7, 11) is 0. The number of aryl methyl sites for hydroxylation is 1. The van der Waals surface area contributed by atoms with Gasteiger partial charge in [0.1, 0.15) is 17.3 Å². The zero-order chi connectivity index (χ0) is 21.5. The molecule has 0 fully saturated rings. The fraction of sp³-hybridized carbons (Fsp3) is 0.208. The van der Waals surface area contributed by atoms with Crippen LogP contribution in [0.15, 0.2) is 42.7 Å². The maximum absolute atomic E-state index is 13.8. The lowest BCUT2D eigenvalue weighted by atomic mass is 9.94. The molecule has 3 N–H and O–H groups in total. The Morgan fingerprint density at radius 2 is 2.12 bits per heavy atom. The Morgan fingerprint density at radius 1 is 1.16 bits per heavy atom. The molecular weight excluding hydrogens is 405 g/mol. The van der Waals surface area contributed by atoms with E-state index in [9.17, 15) is 4.39 Å². The summed E-state index contributed by atoms with van der Waals surface area (Å²) in [6.07, 6.45) is 11.7. The number of hydrogen-bond donors (Lipinski definition) is 3. The van der Waals surface area contributed by atoms with Gasteiger partial charge in [0, 0.05) is 29.9 Å². The summed E-state index contributed by atoms with van der Waals surface area (Å²) < 4.78 is 16.0. The van der Waals surface area contributed by atoms with E-state index in [-0.39, 0.29) is 5.82 Å². The van der Waals surface area contributed by atoms with Gasteiger partial charge in [0.15, 0.2) is 5.82 Å². The van der Waals surface area contributed by atoms with Gasteiger partial charge in [-0.1, -0.05) is 18.2 Å². The van der Waals surface area contributed by atoms with Crippen LogP contribution in [0.5, 0.6) is 0 Å². The van der Waals surface area contributed by atoms with E-state index in [4.69, 9.17) is 4.98 Å². The zero-order valence-corrected chi connectivity index (χ0v) is 17.4. The molecule has 3 aromatic heterocycles. The Labute approximate surface area is 184 Å². The van der Waals surface area contributed by atoms with Crippen molar-refractivity contribution in [2.45, 2.75) is 25.9 Å². The van der Waals surface area contributed by atoms with Gasteiger partial charge in [-0.3, -0.25) is 5.10 Å². The minimum absolute atomic E-state index is 0.245. The van der Waals surface area contributed by atoms with Crippen LogP contribution in [0.25, 0.3) is 29.2 Å². The molecule has 0 bridgehead atoms. The number of aromatic nitrogens is 6. The number of imidazole rings is 2. The monoisotopic (exact) mass is 427 g/mol. The van der Waals surface area contributed by atoms with Gasteiger partial charge in [0.2, 0.25) is 0 Å². The van der Waals surface area contributed by atoms with E-state index >= 15 is 0 Å². The SMILES string of the molecule is Fc1cccc(C2=CCCc3[nH]c(-c4[nH]ncc4/C=C/c4cnc5n4CCNC5)nc32)c1. The Balaban J connectivity index is 1.33. The lowest BCUT2D eigenvalue weighted by Crippen LogP contribution is -2.28. The molecule has 1 aliphatic heterocycles. The smallest absolute Gasteiger partial charge is 0.156 e. The van der Waals surface area contributed by atoms with E-state index < -0.39 is 0 Å². The van der Waals surface area contributed by atoms with Crippen LogP contribution in [-0.4, -0.2) is 36.3 Å². The van der Waals surface area contributed by atoms with Crippen molar-refractivity contribution in [1.29, 1.82) is 0 Å². The van der Waals surface area contributed by atoms with Crippen LogP contribution in [0.4, 0.5) is 4.39 Å². The fourth-order valence-electron chi connectivity index (χ4n) is 4.44. The highest BCUT2D eigenvalue weighted by Gasteiger charge is 2.21. The van der Waals surface area contributed by atoms with Crippen LogP contribution >= 0.6 is 0 Å². The molecule has 0 unspecified atom stereocenters. The highest BCUT2D eigenvalue weighted by Crippen LogP contribution is 2.33. The molecule has 0 saturated heterocycles. The molecule has 160 valence electrons. The van der Waals surface area contributed by atoms with Crippen molar-refractivity contribution in [3.05, 3.63) is 82.6 Å². The fourth-order valence-corrected chi connectivity index (χ4v) is 4.44. The van der Waals surface area contributed by atoms with Crippen molar-refractivity contribution in [1.82, 2.24) is 35.0 Å². The molecule has 8 heteroatoms. The van der Waals surface area contributed by atoms with Crippen molar-refractivity contribution in [3.63, 3.8) is 0 Å². The number of nitrogens with zero attached hydrogens (tertiary/aromatic N) is 4. The Morgan fingerprint density at radius 3 is 3.06 bits per heavy atom. The average Bonchev–Trinajstić information content (AvgIpc) is 3.54. The molecule has 0 radical (unpaired) electrons. The normalized spacial score (nSPS) is 15.6. The molecule has 4 heterocycles. The first-order valence-electron chi connectivity index (χ1n) is 10.8. The third-order valence-corrected chi connectivity index (χ3v) is 6.02. The molecule has 0 spiro atoms. The van der Waals surface area contributed by atoms with Gasteiger partial charge in [0.25, 0.3) is 0 Å². The number of allylic oxidation sites excluding steroid dienone is 1. The highest BCUT2D eigenvalue weighted by atomic mass is 19.1. The van der Waals surface area contributed by atoms with Gasteiger partial charge in [0.05, 0.1) is 30.3 Å². The molecule has 6 rings (SSSR count). The van der Waals surface area contributed by atoms with Gasteiger partial charge in [-0.2, -0.15) is 5.10 Å². The van der Waals surface area contributed by atoms with Crippen molar-refractivity contribution in [2.24, 2.45) is 0 Å². The van der Waals surface area contributed by atoms with Crippen molar-refractivity contribution >= 4 is 17.7 Å². The molecule has 4 aromatic rings. The molecule has 1 aromatic carbocycles. The van der Waals surface area contributed by atoms with Crippen LogP contribution < -0.4 is 5.32 Å². The van der Waals surface area contributed by atoms with Gasteiger partial charge in [-0.15, -0.1) is 0 Å². The van der Waals surface area contributed by atoms with Crippen LogP contribution in [0.2, 0.25) is 0 Å². The lowest BCUT2D eigenvalue weighted by Gasteiger charge is -2.16. The summed E-state index contributed by atoms with van der Waals surface area (Å²) in [6, 6.07) is 6.67. The molecule has 0 atom stereocenters. The summed E-state index contributed by atoms with van der Waals surface area (Å²) >= 11 is 0. The topological polar surface area (TPSA) is 87.2 Å². The summed E-state index contributed by atoms with van der Waals surface area (Å²) in [6.45, 7) is 2.65. The zero-order valence-electron chi connectivity index (χ0n) is 17.4. The van der Waals surface area contributed by atoms with Crippen LogP contribution in [-0.2, 0) is 19.5 Å². The number of hydrogen-bond acceptors (Lipinski definition) is 4. The highest BCUT2D eigenvalue weighted by molar-refractivity contribution is 5.82. The Hall–Kier alpha value is -3.78. The van der Waals surface area contributed by atoms with Crippen LogP contribution in [0.1, 0.15) is 40.5 Å². The number of benzene rings is 1. The maximum Gasteiger partial charge on any atom is 0.156 e. The van der Waals surface area contributed by atoms with Crippen LogP contribution in [0.3, 0.4) is 0 Å². The molecule has 0 amide bonds. The van der Waals surface area contributed by atoms with Gasteiger partial charge >= 0.3 is 0 Å². The summed E-state index contributed by atoms with van der Waals surface area (Å²) in [5, 5.41) is 10.7. The number of aromatic amines is 2. The van der Waals surface area contributed by atoms with E-state index in [1.807, 2.05) is 18.3 Å². The standard InChI is InChI=1S/C24H22FN7/c25-17-4-1-3-15(11-17)19-5-2-6-20-23(19)30-24(29-20)22-16(12-28-31-22)7-8-18-13-27-21-14-26-9-10-32(18)21/h1,3-5,7-8,11-13,26H,2,6,9-10,14H2,(H,28,31)(H,29,30)/b8-7+. The van der Waals surface area contributed by atoms with Gasteiger partial charge in [-0.25, -0.2) is 14.4 Å². The van der Waals surface area contributed by atoms with E-state index in [0.717, 1.165) is 83.6 Å². The number of H-pyrrole nitrogens is 2. The second-order valence-corrected chi connectivity index (χ2v) is 8.04. The van der Waals surface area contributed by atoms with Crippen molar-refractivity contribution < 1.29 is 4.39 Å². The second kappa shape index (κ2) is 7.72. The largest absolute Gasteiger partial charge is 0.340 e. The number of nitrogens with one attached hydrogen (secondary N) is 3. The van der Waals surface area contributed by atoms with E-state index in [2.05, 4.69) is 42.2 Å². The van der Waals surface area contributed by atoms with Crippen molar-refractivity contribution in [2.75, 3.05) is 6.54 Å². The minimum Gasteiger partial charge on any atom is -0.340 e. The van der Waals surface area contributed by atoms with E-state index in [1.54, 1.807) is 18.3 Å². The quantitative estimate of drug-likeness (QED) is 0.463. The minimum atomic E-state index is -0.245. The summed E-state index contributed by atoms with van der Waals surface area (Å²) in [5.74, 6) is 1.54. The number of fused-ring (bicyclic) bond motifs is 2. The molecular formula is C24H22FN7. The second-order valence-electron chi connectivity index (χ2n) is 8.04. The average molecular weight is 427 g/mol. The summed E-state index contributed by atoms with van der Waals surface area (Å²) in [4.78, 5) is 12.8. The lowest BCUT2D eigenvalue weighted by molar-refractivity contribution is 0.503. The Kier molecular flexibility index (Phi) is 4.57. The predicted octanol–water partition coefficient (Wildman–Crippen LogP) is 3.79. The molecule has 1 aliphatic carbocycles. The molecule has 7 nitrogen and oxygen atoms in total. The predicted molar refractivity (Wildman–Crippen MR) is 121 cm³/mol. The number of rotatable bonds is 4. The maximum atomic E-state index is 13.8. The third kappa shape index (κ3) is 3.29. The first-order chi connectivity index (χ1) is 15.8. The van der Waals surface area contributed by atoms with Crippen LogP contribution in [0, 0.1) is 5.82 Å².